The second-order valence-corrected chi connectivity index (χ2v) is 7.24. The van der Waals surface area contributed by atoms with E-state index in [0.717, 1.165) is 0 Å². The topological polar surface area (TPSA) is 93.8 Å². The van der Waals surface area contributed by atoms with E-state index in [0.29, 0.717) is 28.9 Å². The lowest BCUT2D eigenvalue weighted by atomic mass is 9.94. The van der Waals surface area contributed by atoms with Crippen LogP contribution in [0.4, 0.5) is 4.79 Å². The molecule has 0 saturated heterocycles. The molecule has 0 radical (unpaired) electrons. The summed E-state index contributed by atoms with van der Waals surface area (Å²) >= 11 is 0. The summed E-state index contributed by atoms with van der Waals surface area (Å²) in [6.07, 6.45) is 5.70. The third-order valence-electron chi connectivity index (χ3n) is 5.14. The number of aromatic nitrogens is 2. The molecular weight excluding hydrogens is 400 g/mol. The van der Waals surface area contributed by atoms with E-state index in [1.807, 2.05) is 34.9 Å². The van der Waals surface area contributed by atoms with Crippen molar-refractivity contribution < 1.29 is 28.4 Å². The van der Waals surface area contributed by atoms with Crippen LogP contribution in [0, 0.1) is 0 Å². The average Bonchev–Trinajstić information content (AvgIpc) is 3.16. The van der Waals surface area contributed by atoms with Gasteiger partial charge in [-0.25, -0.2) is 23.5 Å². The van der Waals surface area contributed by atoms with Crippen molar-refractivity contribution in [2.24, 2.45) is 7.05 Å². The highest BCUT2D eigenvalue weighted by Crippen LogP contribution is 2.30. The van der Waals surface area contributed by atoms with Crippen molar-refractivity contribution in [3.63, 3.8) is 0 Å². The standard InChI is InChI=1S/C22H26N4O5/c1-5-30-21(28)18-15(2)25(4)22(29)23-19(18)16-6-8-17(9-7-16)20(27)31-13-12-26-11-10-24(3)14-26/h6-11,14,19H,5,12-13H2,1-4H3/p+1. The van der Waals surface area contributed by atoms with Crippen LogP contribution in [0.3, 0.4) is 0 Å². The largest absolute Gasteiger partial charge is 0.463 e. The molecule has 1 aliphatic heterocycles. The summed E-state index contributed by atoms with van der Waals surface area (Å²) < 4.78 is 14.3. The third kappa shape index (κ3) is 4.93. The molecule has 164 valence electrons. The van der Waals surface area contributed by atoms with E-state index in [-0.39, 0.29) is 19.2 Å². The van der Waals surface area contributed by atoms with Gasteiger partial charge in [0.1, 0.15) is 25.5 Å². The smallest absolute Gasteiger partial charge is 0.338 e. The number of esters is 2. The number of nitrogens with zero attached hydrogens (tertiary/aromatic N) is 3. The van der Waals surface area contributed by atoms with Crippen molar-refractivity contribution in [3.8, 4) is 0 Å². The molecule has 9 nitrogen and oxygen atoms in total. The first-order valence-electron chi connectivity index (χ1n) is 10.0. The summed E-state index contributed by atoms with van der Waals surface area (Å²) in [7, 11) is 3.51. The monoisotopic (exact) mass is 427 g/mol. The van der Waals surface area contributed by atoms with Crippen molar-refractivity contribution in [2.75, 3.05) is 20.3 Å². The summed E-state index contributed by atoms with van der Waals surface area (Å²) in [5.41, 5.74) is 1.94. The van der Waals surface area contributed by atoms with E-state index in [1.165, 1.54) is 4.90 Å². The number of imidazole rings is 1. The number of hydrogen-bond acceptors (Lipinski definition) is 5. The molecule has 3 rings (SSSR count). The fraction of sp³-hybridized carbons (Fsp3) is 0.364. The molecule has 1 unspecified atom stereocenters. The number of carbonyl (C=O) groups is 3. The molecule has 0 fully saturated rings. The van der Waals surface area contributed by atoms with Gasteiger partial charge in [-0.05, 0) is 31.5 Å². The van der Waals surface area contributed by atoms with Crippen LogP contribution in [-0.2, 0) is 27.9 Å². The summed E-state index contributed by atoms with van der Waals surface area (Å²) in [4.78, 5) is 38.5. The Hall–Kier alpha value is -3.62. The van der Waals surface area contributed by atoms with Crippen molar-refractivity contribution in [2.45, 2.75) is 26.4 Å². The molecule has 0 bridgehead atoms. The van der Waals surface area contributed by atoms with Crippen LogP contribution in [0.5, 0.6) is 0 Å². The van der Waals surface area contributed by atoms with Gasteiger partial charge in [-0.1, -0.05) is 12.1 Å². The molecule has 1 atom stereocenters. The van der Waals surface area contributed by atoms with E-state index < -0.39 is 18.0 Å². The predicted molar refractivity (Wildman–Crippen MR) is 111 cm³/mol. The average molecular weight is 427 g/mol. The zero-order valence-corrected chi connectivity index (χ0v) is 18.1. The number of ether oxygens (including phenoxy) is 2. The van der Waals surface area contributed by atoms with Gasteiger partial charge in [0.2, 0.25) is 6.33 Å². The van der Waals surface area contributed by atoms with Crippen molar-refractivity contribution >= 4 is 18.0 Å². The lowest BCUT2D eigenvalue weighted by molar-refractivity contribution is -0.671. The number of urea groups is 1. The lowest BCUT2D eigenvalue weighted by Crippen LogP contribution is -2.46. The Morgan fingerprint density at radius 2 is 1.87 bits per heavy atom. The number of nitrogens with one attached hydrogen (secondary N) is 1. The Kier molecular flexibility index (Phi) is 6.74. The van der Waals surface area contributed by atoms with Crippen LogP contribution < -0.4 is 9.88 Å². The van der Waals surface area contributed by atoms with Crippen LogP contribution in [0.1, 0.15) is 35.8 Å². The number of allylic oxidation sites excluding steroid dienone is 1. The Morgan fingerprint density at radius 1 is 1.16 bits per heavy atom. The van der Waals surface area contributed by atoms with E-state index in [4.69, 9.17) is 9.47 Å². The molecule has 1 N–H and O–H groups in total. The Labute approximate surface area is 180 Å². The summed E-state index contributed by atoms with van der Waals surface area (Å²) in [5, 5.41) is 2.81. The van der Waals surface area contributed by atoms with E-state index in [1.54, 1.807) is 45.2 Å². The fourth-order valence-corrected chi connectivity index (χ4v) is 3.33. The second kappa shape index (κ2) is 9.46. The number of hydrogen-bond donors (Lipinski definition) is 1. The van der Waals surface area contributed by atoms with Gasteiger partial charge in [-0.2, -0.15) is 0 Å². The third-order valence-corrected chi connectivity index (χ3v) is 5.14. The summed E-state index contributed by atoms with van der Waals surface area (Å²) in [6.45, 7) is 4.46. The van der Waals surface area contributed by atoms with Crippen molar-refractivity contribution in [3.05, 3.63) is 65.4 Å². The van der Waals surface area contributed by atoms with Gasteiger partial charge in [-0.15, -0.1) is 0 Å². The van der Waals surface area contributed by atoms with Gasteiger partial charge in [0, 0.05) is 12.7 Å². The molecule has 31 heavy (non-hydrogen) atoms. The minimum Gasteiger partial charge on any atom is -0.463 e. The zero-order chi connectivity index (χ0) is 22.5. The maximum atomic E-state index is 12.5. The number of carbonyl (C=O) groups excluding carboxylic acids is 3. The van der Waals surface area contributed by atoms with Gasteiger partial charge in [0.15, 0.2) is 0 Å². The fourth-order valence-electron chi connectivity index (χ4n) is 3.33. The minimum absolute atomic E-state index is 0.228. The SMILES string of the molecule is CCOC(=O)C1=C(C)N(C)C(=O)NC1c1ccc(C(=O)OCCn2cc[n+](C)c2)cc1. The van der Waals surface area contributed by atoms with Crippen LogP contribution in [0.25, 0.3) is 0 Å². The van der Waals surface area contributed by atoms with Gasteiger partial charge < -0.3 is 19.7 Å². The first-order chi connectivity index (χ1) is 14.8. The van der Waals surface area contributed by atoms with Gasteiger partial charge in [0.25, 0.3) is 0 Å². The zero-order valence-electron chi connectivity index (χ0n) is 18.1. The maximum Gasteiger partial charge on any atom is 0.338 e. The first kappa shape index (κ1) is 22.1. The molecule has 2 heterocycles. The Morgan fingerprint density at radius 3 is 2.48 bits per heavy atom. The second-order valence-electron chi connectivity index (χ2n) is 7.24. The minimum atomic E-state index is -0.665. The van der Waals surface area contributed by atoms with Gasteiger partial charge >= 0.3 is 18.0 Å². The number of amides is 2. The highest BCUT2D eigenvalue weighted by Gasteiger charge is 2.34. The molecule has 0 saturated carbocycles. The number of rotatable bonds is 7. The van der Waals surface area contributed by atoms with Gasteiger partial charge in [0.05, 0.1) is 30.8 Å². The molecule has 1 aromatic carbocycles. The van der Waals surface area contributed by atoms with E-state index >= 15 is 0 Å². The van der Waals surface area contributed by atoms with Crippen molar-refractivity contribution in [1.82, 2.24) is 14.8 Å². The predicted octanol–water partition coefficient (Wildman–Crippen LogP) is 1.70. The van der Waals surface area contributed by atoms with Gasteiger partial charge in [-0.3, -0.25) is 0 Å². The Balaban J connectivity index is 1.72. The Bertz CT molecular complexity index is 1010. The molecule has 1 aromatic heterocycles. The quantitative estimate of drug-likeness (QED) is 0.536. The van der Waals surface area contributed by atoms with Crippen LogP contribution in [0.15, 0.2) is 54.3 Å². The molecule has 1 aliphatic rings. The summed E-state index contributed by atoms with van der Waals surface area (Å²) in [5.74, 6) is -0.924. The van der Waals surface area contributed by atoms with E-state index in [2.05, 4.69) is 5.32 Å². The molecular formula is C22H27N4O5+. The lowest BCUT2D eigenvalue weighted by Gasteiger charge is -2.33. The van der Waals surface area contributed by atoms with Crippen molar-refractivity contribution in [1.29, 1.82) is 0 Å². The molecule has 9 heteroatoms. The molecule has 0 aliphatic carbocycles. The maximum absolute atomic E-state index is 12.5. The highest BCUT2D eigenvalue weighted by atomic mass is 16.5. The highest BCUT2D eigenvalue weighted by molar-refractivity contribution is 5.95. The molecule has 0 spiro atoms. The molecule has 2 amide bonds. The number of benzene rings is 1. The normalized spacial score (nSPS) is 16.2. The first-order valence-corrected chi connectivity index (χ1v) is 10.0. The number of aryl methyl sites for hydroxylation is 1. The van der Waals surface area contributed by atoms with Crippen LogP contribution in [0.2, 0.25) is 0 Å². The molecule has 2 aromatic rings. The van der Waals surface area contributed by atoms with Crippen LogP contribution in [-0.4, -0.2) is 47.7 Å². The van der Waals surface area contributed by atoms with Crippen LogP contribution >= 0.6 is 0 Å². The summed E-state index contributed by atoms with van der Waals surface area (Å²) in [6, 6.07) is 5.65. The van der Waals surface area contributed by atoms with E-state index in [9.17, 15) is 14.4 Å².